The molecule has 1 atom stereocenters. The maximum Gasteiger partial charge on any atom is 0.0345 e. The summed E-state index contributed by atoms with van der Waals surface area (Å²) in [4.78, 5) is 7.84. The van der Waals surface area contributed by atoms with E-state index >= 15 is 0 Å². The molecule has 0 amide bonds. The van der Waals surface area contributed by atoms with Crippen molar-refractivity contribution in [2.75, 3.05) is 40.3 Å². The number of rotatable bonds is 5. The number of nitrogens with zero attached hydrogens (tertiary/aromatic N) is 2. The number of piperazine rings is 1. The van der Waals surface area contributed by atoms with Gasteiger partial charge in [-0.05, 0) is 32.6 Å². The maximum atomic E-state index is 3.60. The lowest BCUT2D eigenvalue weighted by Gasteiger charge is -2.37. The zero-order chi connectivity index (χ0) is 13.0. The molecule has 0 radical (unpaired) electrons. The normalized spacial score (nSPS) is 22.5. The fraction of sp³-hybridized carbons (Fsp3) is 0.714. The molecule has 1 aromatic rings. The summed E-state index contributed by atoms with van der Waals surface area (Å²) in [6, 6.07) is 5.16. The predicted molar refractivity (Wildman–Crippen MR) is 79.3 cm³/mol. The highest BCUT2D eigenvalue weighted by molar-refractivity contribution is 7.11. The van der Waals surface area contributed by atoms with E-state index in [1.807, 2.05) is 11.3 Å². The van der Waals surface area contributed by atoms with Crippen molar-refractivity contribution in [2.24, 2.45) is 0 Å². The average molecular weight is 267 g/mol. The van der Waals surface area contributed by atoms with Crippen LogP contribution in [-0.4, -0.2) is 56.1 Å². The van der Waals surface area contributed by atoms with Gasteiger partial charge in [0.25, 0.3) is 0 Å². The Morgan fingerprint density at radius 3 is 2.78 bits per heavy atom. The predicted octanol–water partition coefficient (Wildman–Crippen LogP) is 1.65. The third-order valence-electron chi connectivity index (χ3n) is 3.73. The molecule has 4 heteroatoms. The average Bonchev–Trinajstić information content (AvgIpc) is 2.81. The van der Waals surface area contributed by atoms with Crippen molar-refractivity contribution in [1.29, 1.82) is 0 Å². The minimum Gasteiger partial charge on any atom is -0.310 e. The lowest BCUT2D eigenvalue weighted by atomic mass is 10.2. The number of likely N-dealkylation sites (N-methyl/N-ethyl adjacent to an activating group) is 2. The van der Waals surface area contributed by atoms with Gasteiger partial charge in [0.05, 0.1) is 0 Å². The van der Waals surface area contributed by atoms with Gasteiger partial charge < -0.3 is 10.2 Å². The van der Waals surface area contributed by atoms with Crippen LogP contribution in [0.25, 0.3) is 0 Å². The van der Waals surface area contributed by atoms with Gasteiger partial charge >= 0.3 is 0 Å². The minimum absolute atomic E-state index is 0.648. The van der Waals surface area contributed by atoms with Crippen LogP contribution in [0.2, 0.25) is 0 Å². The summed E-state index contributed by atoms with van der Waals surface area (Å²) in [6.07, 6.45) is 1.15. The number of hydrogen-bond acceptors (Lipinski definition) is 4. The molecule has 1 N–H and O–H groups in total. The fourth-order valence-electron chi connectivity index (χ4n) is 2.39. The zero-order valence-electron chi connectivity index (χ0n) is 11.8. The summed E-state index contributed by atoms with van der Waals surface area (Å²) >= 11 is 1.93. The SMILES string of the molecule is CCc1ccc(CNCC2CN(C)CCN2C)s1. The van der Waals surface area contributed by atoms with Crippen LogP contribution in [-0.2, 0) is 13.0 Å². The van der Waals surface area contributed by atoms with E-state index in [4.69, 9.17) is 0 Å². The van der Waals surface area contributed by atoms with E-state index in [0.717, 1.165) is 19.5 Å². The summed E-state index contributed by atoms with van der Waals surface area (Å²) in [5, 5.41) is 3.60. The van der Waals surface area contributed by atoms with Crippen LogP contribution in [0.4, 0.5) is 0 Å². The third kappa shape index (κ3) is 3.79. The van der Waals surface area contributed by atoms with Gasteiger partial charge in [0, 0.05) is 48.5 Å². The number of hydrogen-bond donors (Lipinski definition) is 1. The van der Waals surface area contributed by atoms with Crippen molar-refractivity contribution in [3.63, 3.8) is 0 Å². The second-order valence-electron chi connectivity index (χ2n) is 5.25. The Labute approximate surface area is 115 Å². The summed E-state index contributed by atoms with van der Waals surface area (Å²) in [6.45, 7) is 7.86. The van der Waals surface area contributed by atoms with E-state index in [1.165, 1.54) is 29.4 Å². The molecule has 0 aromatic carbocycles. The Bertz CT molecular complexity index is 364. The third-order valence-corrected chi connectivity index (χ3v) is 4.95. The monoisotopic (exact) mass is 267 g/mol. The van der Waals surface area contributed by atoms with Crippen molar-refractivity contribution < 1.29 is 0 Å². The molecule has 1 unspecified atom stereocenters. The van der Waals surface area contributed by atoms with Gasteiger partial charge in [-0.3, -0.25) is 4.90 Å². The molecule has 1 aliphatic rings. The highest BCUT2D eigenvalue weighted by Crippen LogP contribution is 2.16. The van der Waals surface area contributed by atoms with Gasteiger partial charge in [0.1, 0.15) is 0 Å². The van der Waals surface area contributed by atoms with Crippen LogP contribution < -0.4 is 5.32 Å². The Balaban J connectivity index is 1.74. The van der Waals surface area contributed by atoms with E-state index in [2.05, 4.69) is 48.3 Å². The number of aryl methyl sites for hydroxylation is 1. The molecule has 1 aromatic heterocycles. The number of nitrogens with one attached hydrogen (secondary N) is 1. The van der Waals surface area contributed by atoms with Crippen LogP contribution in [0.3, 0.4) is 0 Å². The zero-order valence-corrected chi connectivity index (χ0v) is 12.6. The van der Waals surface area contributed by atoms with Crippen LogP contribution in [0.5, 0.6) is 0 Å². The van der Waals surface area contributed by atoms with Gasteiger partial charge in [0.15, 0.2) is 0 Å². The Morgan fingerprint density at radius 1 is 1.28 bits per heavy atom. The van der Waals surface area contributed by atoms with Gasteiger partial charge in [-0.2, -0.15) is 0 Å². The first-order chi connectivity index (χ1) is 8.69. The van der Waals surface area contributed by atoms with E-state index in [9.17, 15) is 0 Å². The Hall–Kier alpha value is -0.420. The van der Waals surface area contributed by atoms with Gasteiger partial charge in [0.2, 0.25) is 0 Å². The molecule has 102 valence electrons. The smallest absolute Gasteiger partial charge is 0.0345 e. The van der Waals surface area contributed by atoms with Gasteiger partial charge in [-0.25, -0.2) is 0 Å². The molecule has 2 rings (SSSR count). The summed E-state index contributed by atoms with van der Waals surface area (Å²) in [5.41, 5.74) is 0. The van der Waals surface area contributed by atoms with E-state index in [-0.39, 0.29) is 0 Å². The van der Waals surface area contributed by atoms with Crippen molar-refractivity contribution >= 4 is 11.3 Å². The molecule has 1 aliphatic heterocycles. The van der Waals surface area contributed by atoms with Crippen LogP contribution in [0, 0.1) is 0 Å². The lowest BCUT2D eigenvalue weighted by molar-refractivity contribution is 0.113. The molecule has 0 spiro atoms. The maximum absolute atomic E-state index is 3.60. The Kier molecular flexibility index (Phi) is 5.18. The molecule has 0 bridgehead atoms. The molecule has 1 saturated heterocycles. The summed E-state index contributed by atoms with van der Waals surface area (Å²) in [7, 11) is 4.45. The first kappa shape index (κ1) is 14.0. The quantitative estimate of drug-likeness (QED) is 0.875. The number of thiophene rings is 1. The highest BCUT2D eigenvalue weighted by atomic mass is 32.1. The van der Waals surface area contributed by atoms with Crippen molar-refractivity contribution in [3.8, 4) is 0 Å². The van der Waals surface area contributed by atoms with Crippen molar-refractivity contribution in [2.45, 2.75) is 25.9 Å². The summed E-state index contributed by atoms with van der Waals surface area (Å²) in [5.74, 6) is 0. The molecular formula is C14H25N3S. The molecule has 18 heavy (non-hydrogen) atoms. The van der Waals surface area contributed by atoms with Crippen LogP contribution in [0.15, 0.2) is 12.1 Å². The second-order valence-corrected chi connectivity index (χ2v) is 6.50. The molecule has 0 aliphatic carbocycles. The van der Waals surface area contributed by atoms with Crippen molar-refractivity contribution in [3.05, 3.63) is 21.9 Å². The lowest BCUT2D eigenvalue weighted by Crippen LogP contribution is -2.53. The fourth-order valence-corrected chi connectivity index (χ4v) is 3.32. The second kappa shape index (κ2) is 6.66. The summed E-state index contributed by atoms with van der Waals surface area (Å²) < 4.78 is 0. The van der Waals surface area contributed by atoms with Gasteiger partial charge in [-0.1, -0.05) is 6.92 Å². The standard InChI is InChI=1S/C14H25N3S/c1-4-13-5-6-14(18-13)10-15-9-12-11-16(2)7-8-17(12)3/h5-6,12,15H,4,7-11H2,1-3H3. The first-order valence-electron chi connectivity index (χ1n) is 6.86. The molecular weight excluding hydrogens is 242 g/mol. The van der Waals surface area contributed by atoms with E-state index in [0.29, 0.717) is 6.04 Å². The largest absolute Gasteiger partial charge is 0.310 e. The first-order valence-corrected chi connectivity index (χ1v) is 7.67. The molecule has 3 nitrogen and oxygen atoms in total. The topological polar surface area (TPSA) is 18.5 Å². The van der Waals surface area contributed by atoms with Crippen LogP contribution in [0.1, 0.15) is 16.7 Å². The minimum atomic E-state index is 0.648. The van der Waals surface area contributed by atoms with Crippen molar-refractivity contribution in [1.82, 2.24) is 15.1 Å². The van der Waals surface area contributed by atoms with Gasteiger partial charge in [-0.15, -0.1) is 11.3 Å². The van der Waals surface area contributed by atoms with E-state index in [1.54, 1.807) is 0 Å². The molecule has 0 saturated carbocycles. The van der Waals surface area contributed by atoms with E-state index < -0.39 is 0 Å². The Morgan fingerprint density at radius 2 is 2.06 bits per heavy atom. The molecule has 2 heterocycles. The highest BCUT2D eigenvalue weighted by Gasteiger charge is 2.21. The van der Waals surface area contributed by atoms with Crippen LogP contribution >= 0.6 is 11.3 Å². The molecule has 1 fully saturated rings.